The number of furan rings is 1. The topological polar surface area (TPSA) is 51.6 Å². The highest BCUT2D eigenvalue weighted by Gasteiger charge is 2.27. The minimum atomic E-state index is 0.177. The molecule has 4 nitrogen and oxygen atoms in total. The highest BCUT2D eigenvalue weighted by Crippen LogP contribution is 2.28. The van der Waals surface area contributed by atoms with Gasteiger partial charge in [0.15, 0.2) is 4.67 Å². The predicted molar refractivity (Wildman–Crippen MR) is 74.4 cm³/mol. The average Bonchev–Trinajstić information content (AvgIpc) is 2.78. The third kappa shape index (κ3) is 3.35. The summed E-state index contributed by atoms with van der Waals surface area (Å²) in [6.45, 7) is 3.53. The molecule has 2 heterocycles. The Balaban J connectivity index is 2.03. The standard InChI is InChI=1S/C13H21BrN2O2/c1-17-9-10-3-2-6-16(8-10)11(7-15)12-4-5-13(14)18-12/h4-5,10-11H,2-3,6-9,15H2,1H3. The van der Waals surface area contributed by atoms with Crippen molar-refractivity contribution in [2.75, 3.05) is 33.4 Å². The molecule has 0 amide bonds. The van der Waals surface area contributed by atoms with Crippen LogP contribution in [0.2, 0.25) is 0 Å². The van der Waals surface area contributed by atoms with E-state index in [4.69, 9.17) is 14.9 Å². The molecule has 1 aliphatic heterocycles. The fourth-order valence-corrected chi connectivity index (χ4v) is 3.02. The Labute approximate surface area is 117 Å². The van der Waals surface area contributed by atoms with Gasteiger partial charge in [-0.1, -0.05) is 0 Å². The van der Waals surface area contributed by atoms with Crippen LogP contribution >= 0.6 is 15.9 Å². The van der Waals surface area contributed by atoms with Crippen molar-refractivity contribution in [1.29, 1.82) is 0 Å². The van der Waals surface area contributed by atoms with E-state index in [2.05, 4.69) is 20.8 Å². The summed E-state index contributed by atoms with van der Waals surface area (Å²) in [5, 5.41) is 0. The first-order valence-electron chi connectivity index (χ1n) is 6.43. The van der Waals surface area contributed by atoms with Gasteiger partial charge in [0.05, 0.1) is 12.6 Å². The van der Waals surface area contributed by atoms with Crippen LogP contribution in [0.5, 0.6) is 0 Å². The van der Waals surface area contributed by atoms with Crippen molar-refractivity contribution in [3.05, 3.63) is 22.6 Å². The number of methoxy groups -OCH3 is 1. The van der Waals surface area contributed by atoms with E-state index >= 15 is 0 Å². The van der Waals surface area contributed by atoms with Crippen molar-refractivity contribution in [2.45, 2.75) is 18.9 Å². The van der Waals surface area contributed by atoms with Gasteiger partial charge in [0.1, 0.15) is 5.76 Å². The van der Waals surface area contributed by atoms with Crippen molar-refractivity contribution < 1.29 is 9.15 Å². The van der Waals surface area contributed by atoms with E-state index in [0.717, 1.165) is 30.1 Å². The molecule has 5 heteroatoms. The lowest BCUT2D eigenvalue weighted by molar-refractivity contribution is 0.0637. The first kappa shape index (κ1) is 14.1. The number of nitrogens with zero attached hydrogens (tertiary/aromatic N) is 1. The van der Waals surface area contributed by atoms with Gasteiger partial charge in [0.25, 0.3) is 0 Å². The van der Waals surface area contributed by atoms with Crippen LogP contribution in [0.1, 0.15) is 24.6 Å². The van der Waals surface area contributed by atoms with E-state index in [1.807, 2.05) is 12.1 Å². The van der Waals surface area contributed by atoms with Gasteiger partial charge in [0.2, 0.25) is 0 Å². The van der Waals surface area contributed by atoms with E-state index in [1.165, 1.54) is 12.8 Å². The molecule has 0 aromatic carbocycles. The smallest absolute Gasteiger partial charge is 0.169 e. The van der Waals surface area contributed by atoms with E-state index in [1.54, 1.807) is 7.11 Å². The van der Waals surface area contributed by atoms with Gasteiger partial charge in [-0.25, -0.2) is 0 Å². The lowest BCUT2D eigenvalue weighted by atomic mass is 9.97. The quantitative estimate of drug-likeness (QED) is 0.906. The van der Waals surface area contributed by atoms with Crippen molar-refractivity contribution in [3.8, 4) is 0 Å². The number of ether oxygens (including phenoxy) is 1. The van der Waals surface area contributed by atoms with E-state index in [9.17, 15) is 0 Å². The Kier molecular flexibility index (Phi) is 5.24. The fourth-order valence-electron chi connectivity index (χ4n) is 2.70. The molecule has 1 aliphatic rings. The van der Waals surface area contributed by atoms with Crippen LogP contribution in [0.25, 0.3) is 0 Å². The molecule has 2 N–H and O–H groups in total. The number of nitrogens with two attached hydrogens (primary N) is 1. The Morgan fingerprint density at radius 3 is 3.06 bits per heavy atom. The summed E-state index contributed by atoms with van der Waals surface area (Å²) in [5.41, 5.74) is 5.92. The van der Waals surface area contributed by atoms with Crippen LogP contribution < -0.4 is 5.73 Å². The molecular weight excluding hydrogens is 296 g/mol. The fraction of sp³-hybridized carbons (Fsp3) is 0.692. The summed E-state index contributed by atoms with van der Waals surface area (Å²) in [6, 6.07) is 4.10. The van der Waals surface area contributed by atoms with E-state index < -0.39 is 0 Å². The van der Waals surface area contributed by atoms with Crippen molar-refractivity contribution in [1.82, 2.24) is 4.90 Å². The molecular formula is C13H21BrN2O2. The van der Waals surface area contributed by atoms with Crippen LogP contribution in [0.15, 0.2) is 21.2 Å². The van der Waals surface area contributed by atoms with Gasteiger partial charge in [-0.2, -0.15) is 0 Å². The van der Waals surface area contributed by atoms with Gasteiger partial charge in [-0.15, -0.1) is 0 Å². The van der Waals surface area contributed by atoms with Gasteiger partial charge in [0, 0.05) is 20.2 Å². The molecule has 2 atom stereocenters. The van der Waals surface area contributed by atoms with Gasteiger partial charge in [-0.05, 0) is 53.4 Å². The SMILES string of the molecule is COCC1CCCN(C(CN)c2ccc(Br)o2)C1. The Morgan fingerprint density at radius 2 is 2.44 bits per heavy atom. The van der Waals surface area contributed by atoms with Crippen LogP contribution in [-0.4, -0.2) is 38.3 Å². The second-order valence-electron chi connectivity index (χ2n) is 4.85. The molecule has 0 aliphatic carbocycles. The molecule has 0 radical (unpaired) electrons. The molecule has 2 unspecified atom stereocenters. The third-order valence-electron chi connectivity index (χ3n) is 3.54. The monoisotopic (exact) mass is 316 g/mol. The van der Waals surface area contributed by atoms with Crippen LogP contribution in [-0.2, 0) is 4.74 Å². The Morgan fingerprint density at radius 1 is 1.61 bits per heavy atom. The summed E-state index contributed by atoms with van der Waals surface area (Å²) in [6.07, 6.45) is 2.44. The van der Waals surface area contributed by atoms with E-state index in [0.29, 0.717) is 12.5 Å². The first-order valence-corrected chi connectivity index (χ1v) is 7.22. The summed E-state index contributed by atoms with van der Waals surface area (Å²) in [4.78, 5) is 2.42. The van der Waals surface area contributed by atoms with Crippen LogP contribution in [0.4, 0.5) is 0 Å². The Bertz CT molecular complexity index is 368. The van der Waals surface area contributed by atoms with Gasteiger partial charge in [-0.3, -0.25) is 4.90 Å². The first-order chi connectivity index (χ1) is 8.74. The highest BCUT2D eigenvalue weighted by molar-refractivity contribution is 9.10. The maximum Gasteiger partial charge on any atom is 0.169 e. The van der Waals surface area contributed by atoms with Crippen molar-refractivity contribution in [2.24, 2.45) is 11.7 Å². The molecule has 1 fully saturated rings. The molecule has 0 spiro atoms. The lowest BCUT2D eigenvalue weighted by Crippen LogP contribution is -2.42. The van der Waals surface area contributed by atoms with Gasteiger partial charge >= 0.3 is 0 Å². The van der Waals surface area contributed by atoms with E-state index in [-0.39, 0.29) is 6.04 Å². The second kappa shape index (κ2) is 6.70. The molecule has 1 saturated heterocycles. The summed E-state index contributed by atoms with van der Waals surface area (Å²) in [5.74, 6) is 1.55. The number of hydrogen-bond donors (Lipinski definition) is 1. The maximum absolute atomic E-state index is 5.92. The summed E-state index contributed by atoms with van der Waals surface area (Å²) in [7, 11) is 1.77. The Hall–Kier alpha value is -0.360. The van der Waals surface area contributed by atoms with Crippen LogP contribution in [0, 0.1) is 5.92 Å². The second-order valence-corrected chi connectivity index (χ2v) is 5.63. The lowest BCUT2D eigenvalue weighted by Gasteiger charge is -2.36. The summed E-state index contributed by atoms with van der Waals surface area (Å²) < 4.78 is 11.7. The predicted octanol–water partition coefficient (Wildman–Crippen LogP) is 2.40. The minimum Gasteiger partial charge on any atom is -0.453 e. The van der Waals surface area contributed by atoms with Crippen LogP contribution in [0.3, 0.4) is 0 Å². The van der Waals surface area contributed by atoms with Gasteiger partial charge < -0.3 is 14.9 Å². The zero-order chi connectivity index (χ0) is 13.0. The number of likely N-dealkylation sites (tertiary alicyclic amines) is 1. The molecule has 0 bridgehead atoms. The van der Waals surface area contributed by atoms with Crippen molar-refractivity contribution >= 4 is 15.9 Å². The number of hydrogen-bond acceptors (Lipinski definition) is 4. The highest BCUT2D eigenvalue weighted by atomic mass is 79.9. The maximum atomic E-state index is 5.92. The largest absolute Gasteiger partial charge is 0.453 e. The number of piperidine rings is 1. The molecule has 1 aromatic rings. The number of rotatable bonds is 5. The number of halogens is 1. The molecule has 1 aromatic heterocycles. The summed E-state index contributed by atoms with van der Waals surface area (Å²) >= 11 is 3.34. The normalized spacial score (nSPS) is 23.2. The van der Waals surface area contributed by atoms with Crippen molar-refractivity contribution in [3.63, 3.8) is 0 Å². The minimum absolute atomic E-state index is 0.177. The average molecular weight is 317 g/mol. The molecule has 2 rings (SSSR count). The zero-order valence-electron chi connectivity index (χ0n) is 10.8. The molecule has 102 valence electrons. The molecule has 0 saturated carbocycles. The zero-order valence-corrected chi connectivity index (χ0v) is 12.4. The molecule has 18 heavy (non-hydrogen) atoms. The third-order valence-corrected chi connectivity index (χ3v) is 3.97.